The second kappa shape index (κ2) is 8.19. The third kappa shape index (κ3) is 4.12. The molecule has 144 valence electrons. The molecule has 28 heavy (non-hydrogen) atoms. The van der Waals surface area contributed by atoms with Crippen LogP contribution < -0.4 is 10.2 Å². The smallest absolute Gasteiger partial charge is 0.230 e. The number of anilines is 1. The van der Waals surface area contributed by atoms with Crippen molar-refractivity contribution in [3.8, 4) is 0 Å². The van der Waals surface area contributed by atoms with Gasteiger partial charge in [0.2, 0.25) is 11.9 Å². The number of carbonyl (C=O) groups is 1. The number of amides is 1. The van der Waals surface area contributed by atoms with Gasteiger partial charge in [-0.3, -0.25) is 4.79 Å². The molecule has 2 heterocycles. The van der Waals surface area contributed by atoms with Gasteiger partial charge in [-0.1, -0.05) is 54.2 Å². The minimum absolute atomic E-state index is 0.0242. The van der Waals surface area contributed by atoms with E-state index in [9.17, 15) is 4.79 Å². The Balaban J connectivity index is 1.62. The van der Waals surface area contributed by atoms with E-state index in [0.717, 1.165) is 41.4 Å². The lowest BCUT2D eigenvalue weighted by atomic mass is 10.0. The normalized spacial score (nSPS) is 13.6. The van der Waals surface area contributed by atoms with E-state index < -0.39 is 0 Å². The molecule has 5 nitrogen and oxygen atoms in total. The summed E-state index contributed by atoms with van der Waals surface area (Å²) in [5, 5.41) is 4.79. The fourth-order valence-corrected chi connectivity index (χ4v) is 4.28. The van der Waals surface area contributed by atoms with Gasteiger partial charge >= 0.3 is 0 Å². The van der Waals surface area contributed by atoms with Crippen molar-refractivity contribution in [3.63, 3.8) is 0 Å². The molecule has 1 aliphatic rings. The predicted octanol–water partition coefficient (Wildman–Crippen LogP) is 3.81. The van der Waals surface area contributed by atoms with Gasteiger partial charge in [0.25, 0.3) is 0 Å². The number of hydrogen-bond donors (Lipinski definition) is 1. The maximum Gasteiger partial charge on any atom is 0.230 e. The molecule has 1 N–H and O–H groups in total. The van der Waals surface area contributed by atoms with Gasteiger partial charge in [-0.25, -0.2) is 9.97 Å². The molecule has 1 aromatic heterocycles. The number of hydrogen-bond acceptors (Lipinski definition) is 5. The summed E-state index contributed by atoms with van der Waals surface area (Å²) in [6, 6.07) is 16.7. The van der Waals surface area contributed by atoms with Crippen LogP contribution in [0.25, 0.3) is 10.9 Å². The van der Waals surface area contributed by atoms with Crippen LogP contribution in [-0.2, 0) is 17.8 Å². The van der Waals surface area contributed by atoms with Crippen LogP contribution in [0.3, 0.4) is 0 Å². The van der Waals surface area contributed by atoms with E-state index in [-0.39, 0.29) is 11.9 Å². The molecule has 6 heteroatoms. The molecule has 0 bridgehead atoms. The molecule has 0 unspecified atom stereocenters. The Hall–Kier alpha value is -2.60. The minimum atomic E-state index is 0.0242. The first-order chi connectivity index (χ1) is 13.6. The Labute approximate surface area is 169 Å². The van der Waals surface area contributed by atoms with Crippen molar-refractivity contribution in [2.45, 2.75) is 37.9 Å². The largest absolute Gasteiger partial charge is 0.353 e. The number of thioether (sulfide) groups is 1. The third-order valence-electron chi connectivity index (χ3n) is 4.76. The molecule has 2 aromatic carbocycles. The van der Waals surface area contributed by atoms with Crippen molar-refractivity contribution >= 4 is 34.5 Å². The van der Waals surface area contributed by atoms with Gasteiger partial charge in [0.05, 0.1) is 11.3 Å². The van der Waals surface area contributed by atoms with Gasteiger partial charge in [0.1, 0.15) is 5.03 Å². The van der Waals surface area contributed by atoms with Crippen LogP contribution in [0, 0.1) is 0 Å². The summed E-state index contributed by atoms with van der Waals surface area (Å²) in [5.74, 6) is 1.11. The van der Waals surface area contributed by atoms with Crippen molar-refractivity contribution in [3.05, 3.63) is 59.7 Å². The van der Waals surface area contributed by atoms with Crippen molar-refractivity contribution < 1.29 is 4.79 Å². The summed E-state index contributed by atoms with van der Waals surface area (Å²) in [7, 11) is 0. The van der Waals surface area contributed by atoms with Crippen LogP contribution >= 0.6 is 11.8 Å². The fourth-order valence-electron chi connectivity index (χ4n) is 3.45. The highest BCUT2D eigenvalue weighted by Gasteiger charge is 2.20. The maximum atomic E-state index is 12.1. The molecule has 1 aliphatic heterocycles. The Morgan fingerprint density at radius 2 is 1.86 bits per heavy atom. The lowest BCUT2D eigenvalue weighted by Crippen LogP contribution is -2.32. The molecule has 0 atom stereocenters. The SMILES string of the molecule is CC(C)NC(=O)CSc1nc(N2CCc3ccccc3C2)nc2ccccc12. The summed E-state index contributed by atoms with van der Waals surface area (Å²) in [6.45, 7) is 5.64. The molecule has 4 rings (SSSR count). The van der Waals surface area contributed by atoms with Crippen LogP contribution in [0.1, 0.15) is 25.0 Å². The molecule has 0 saturated carbocycles. The molecular weight excluding hydrogens is 368 g/mol. The minimum Gasteiger partial charge on any atom is -0.353 e. The van der Waals surface area contributed by atoms with Gasteiger partial charge in [0.15, 0.2) is 0 Å². The zero-order valence-electron chi connectivity index (χ0n) is 16.2. The van der Waals surface area contributed by atoms with Crippen molar-refractivity contribution in [2.75, 3.05) is 17.2 Å². The highest BCUT2D eigenvalue weighted by molar-refractivity contribution is 8.00. The second-order valence-corrected chi connectivity index (χ2v) is 8.26. The van der Waals surface area contributed by atoms with Gasteiger partial charge < -0.3 is 10.2 Å². The molecule has 0 aliphatic carbocycles. The van der Waals surface area contributed by atoms with Gasteiger partial charge in [-0.15, -0.1) is 0 Å². The molecule has 0 spiro atoms. The van der Waals surface area contributed by atoms with E-state index in [1.54, 1.807) is 0 Å². The van der Waals surface area contributed by atoms with Crippen LogP contribution in [0.5, 0.6) is 0 Å². The van der Waals surface area contributed by atoms with Crippen LogP contribution in [0.2, 0.25) is 0 Å². The van der Waals surface area contributed by atoms with Gasteiger partial charge in [-0.2, -0.15) is 0 Å². The Morgan fingerprint density at radius 3 is 2.68 bits per heavy atom. The average molecular weight is 393 g/mol. The average Bonchev–Trinajstić information content (AvgIpc) is 2.71. The third-order valence-corrected chi connectivity index (χ3v) is 5.75. The topological polar surface area (TPSA) is 58.1 Å². The molecule has 0 radical (unpaired) electrons. The first-order valence-corrected chi connectivity index (χ1v) is 10.6. The van der Waals surface area contributed by atoms with E-state index in [0.29, 0.717) is 5.75 Å². The number of para-hydroxylation sites is 1. The highest BCUT2D eigenvalue weighted by atomic mass is 32.2. The Morgan fingerprint density at radius 1 is 1.11 bits per heavy atom. The number of nitrogens with one attached hydrogen (secondary N) is 1. The predicted molar refractivity (Wildman–Crippen MR) is 115 cm³/mol. The van der Waals surface area contributed by atoms with Gasteiger partial charge in [-0.05, 0) is 37.5 Å². The van der Waals surface area contributed by atoms with Crippen molar-refractivity contribution in [2.24, 2.45) is 0 Å². The fraction of sp³-hybridized carbons (Fsp3) is 0.318. The van der Waals surface area contributed by atoms with Crippen molar-refractivity contribution in [1.82, 2.24) is 15.3 Å². The molecule has 1 amide bonds. The van der Waals surface area contributed by atoms with Crippen molar-refractivity contribution in [1.29, 1.82) is 0 Å². The maximum absolute atomic E-state index is 12.1. The number of aromatic nitrogens is 2. The zero-order chi connectivity index (χ0) is 19.5. The lowest BCUT2D eigenvalue weighted by molar-refractivity contribution is -0.119. The van der Waals surface area contributed by atoms with Gasteiger partial charge in [0, 0.05) is 24.5 Å². The van der Waals surface area contributed by atoms with E-state index in [1.807, 2.05) is 38.1 Å². The highest BCUT2D eigenvalue weighted by Crippen LogP contribution is 2.29. The Bertz CT molecular complexity index is 1000. The van der Waals surface area contributed by atoms with Crippen LogP contribution in [0.4, 0.5) is 5.95 Å². The number of fused-ring (bicyclic) bond motifs is 2. The van der Waals surface area contributed by atoms with Crippen LogP contribution in [-0.4, -0.2) is 34.2 Å². The molecule has 3 aromatic rings. The first kappa shape index (κ1) is 18.7. The quantitative estimate of drug-likeness (QED) is 0.529. The standard InChI is InChI=1S/C22H24N4OS/c1-15(2)23-20(27)14-28-21-18-9-5-6-10-19(18)24-22(25-21)26-12-11-16-7-3-4-8-17(16)13-26/h3-10,15H,11-14H2,1-2H3,(H,23,27). The second-order valence-electron chi connectivity index (χ2n) is 7.30. The summed E-state index contributed by atoms with van der Waals surface area (Å²) in [6.07, 6.45) is 0.992. The Kier molecular flexibility index (Phi) is 5.48. The summed E-state index contributed by atoms with van der Waals surface area (Å²) in [4.78, 5) is 24.0. The number of nitrogens with zero attached hydrogens (tertiary/aromatic N) is 3. The van der Waals surface area contributed by atoms with E-state index >= 15 is 0 Å². The van der Waals surface area contributed by atoms with Crippen LogP contribution in [0.15, 0.2) is 53.6 Å². The zero-order valence-corrected chi connectivity index (χ0v) is 17.0. The summed E-state index contributed by atoms with van der Waals surface area (Å²) < 4.78 is 0. The number of benzene rings is 2. The van der Waals surface area contributed by atoms with E-state index in [2.05, 4.69) is 34.5 Å². The number of rotatable bonds is 5. The molecule has 0 saturated heterocycles. The summed E-state index contributed by atoms with van der Waals surface area (Å²) in [5.41, 5.74) is 3.65. The number of carbonyl (C=O) groups excluding carboxylic acids is 1. The van der Waals surface area contributed by atoms with E-state index in [1.165, 1.54) is 22.9 Å². The monoisotopic (exact) mass is 392 g/mol. The first-order valence-electron chi connectivity index (χ1n) is 9.61. The lowest BCUT2D eigenvalue weighted by Gasteiger charge is -2.29. The molecule has 0 fully saturated rings. The van der Waals surface area contributed by atoms with E-state index in [4.69, 9.17) is 9.97 Å². The summed E-state index contributed by atoms with van der Waals surface area (Å²) >= 11 is 1.47. The molecular formula is C22H24N4OS.